The summed E-state index contributed by atoms with van der Waals surface area (Å²) in [6.07, 6.45) is 0. The molecule has 29 heavy (non-hydrogen) atoms. The quantitative estimate of drug-likeness (QED) is 0.378. The largest absolute Gasteiger partial charge is 0.598 e. The number of nitro benzene ring substituents is 1. The minimum Gasteiger partial charge on any atom is -0.598 e. The van der Waals surface area contributed by atoms with E-state index < -0.39 is 58.4 Å². The number of ether oxygens (including phenoxy) is 1. The normalized spacial score (nSPS) is 19.5. The molecule has 2 rings (SSSR count). The van der Waals surface area contributed by atoms with Crippen molar-refractivity contribution < 1.29 is 27.0 Å². The zero-order valence-corrected chi connectivity index (χ0v) is 18.0. The molecule has 0 aliphatic carbocycles. The van der Waals surface area contributed by atoms with E-state index in [0.717, 1.165) is 18.2 Å². The van der Waals surface area contributed by atoms with Crippen molar-refractivity contribution >= 4 is 26.9 Å². The number of non-ortho nitro benzene ring substituents is 1. The van der Waals surface area contributed by atoms with E-state index in [-0.39, 0.29) is 18.8 Å². The zero-order valence-electron chi connectivity index (χ0n) is 16.4. The first kappa shape index (κ1) is 23.5. The van der Waals surface area contributed by atoms with Crippen molar-refractivity contribution in [3.63, 3.8) is 0 Å². The Morgan fingerprint density at radius 3 is 2.38 bits per heavy atom. The van der Waals surface area contributed by atoms with E-state index in [9.17, 15) is 32.7 Å². The van der Waals surface area contributed by atoms with Crippen LogP contribution < -0.4 is 4.72 Å². The molecule has 0 amide bonds. The van der Waals surface area contributed by atoms with Crippen LogP contribution in [0.2, 0.25) is 0 Å². The number of sulfone groups is 1. The van der Waals surface area contributed by atoms with Crippen molar-refractivity contribution in [3.8, 4) is 6.07 Å². The highest BCUT2D eigenvalue weighted by atomic mass is 32.2. The molecule has 0 saturated carbocycles. The summed E-state index contributed by atoms with van der Waals surface area (Å²) in [6, 6.07) is 4.45. The van der Waals surface area contributed by atoms with E-state index >= 15 is 0 Å². The fraction of sp³-hybridized carbons (Fsp3) is 0.588. The average molecular weight is 448 g/mol. The number of nitrogens with zero attached hydrogens (tertiary/aromatic N) is 2. The first-order valence-electron chi connectivity index (χ1n) is 8.53. The molecule has 1 fully saturated rings. The van der Waals surface area contributed by atoms with Gasteiger partial charge in [-0.3, -0.25) is 10.1 Å². The molecule has 0 aromatic heterocycles. The summed E-state index contributed by atoms with van der Waals surface area (Å²) < 4.78 is 58.3. The Bertz CT molecular complexity index is 953. The van der Waals surface area contributed by atoms with Gasteiger partial charge in [-0.05, 0) is 33.8 Å². The molecule has 1 heterocycles. The molecular weight excluding hydrogens is 425 g/mol. The second-order valence-corrected chi connectivity index (χ2v) is 12.4. The molecule has 1 aromatic carbocycles. The Morgan fingerprint density at radius 1 is 1.38 bits per heavy atom. The highest BCUT2D eigenvalue weighted by molar-refractivity contribution is 7.93. The number of nitriles is 1. The minimum atomic E-state index is -4.20. The van der Waals surface area contributed by atoms with Gasteiger partial charge in [0, 0.05) is 29.1 Å². The molecule has 1 saturated heterocycles. The number of hydrogen-bond acceptors (Lipinski definition) is 8. The second kappa shape index (κ2) is 7.81. The molecular formula is C17H22FN3O6S2. The first-order valence-corrected chi connectivity index (χ1v) is 11.3. The Kier molecular flexibility index (Phi) is 6.33. The number of hydrogen-bond donors (Lipinski definition) is 1. The second-order valence-electron chi connectivity index (χ2n) is 8.09. The standard InChI is InChI=1S/C17H22FN3O6S2/c1-15(2,3)28(24)20-16(4,11-29(25,26)17(8-19)9-27-10-17)13-7-12(21(22)23)5-6-14(13)18/h5-7,20H,9-11H2,1-4H3/t16-,28+/m0/s1. The van der Waals surface area contributed by atoms with E-state index in [2.05, 4.69) is 4.72 Å². The number of nitrogens with one attached hydrogen (secondary N) is 1. The maximum Gasteiger partial charge on any atom is 0.269 e. The van der Waals surface area contributed by atoms with E-state index in [1.54, 1.807) is 26.8 Å². The maximum absolute atomic E-state index is 14.7. The number of benzene rings is 1. The van der Waals surface area contributed by atoms with Gasteiger partial charge in [0.25, 0.3) is 5.69 Å². The number of nitro groups is 1. The van der Waals surface area contributed by atoms with E-state index in [1.165, 1.54) is 6.92 Å². The summed E-state index contributed by atoms with van der Waals surface area (Å²) >= 11 is -1.85. The predicted octanol–water partition coefficient (Wildman–Crippen LogP) is 1.71. The molecule has 1 aliphatic rings. The summed E-state index contributed by atoms with van der Waals surface area (Å²) in [4.78, 5) is 10.4. The highest BCUT2D eigenvalue weighted by Gasteiger charge is 2.55. The Hall–Kier alpha value is -1.78. The summed E-state index contributed by atoms with van der Waals surface area (Å²) in [5, 5.41) is 20.5. The summed E-state index contributed by atoms with van der Waals surface area (Å²) in [7, 11) is -4.20. The topological polar surface area (TPSA) is 145 Å². The van der Waals surface area contributed by atoms with Gasteiger partial charge >= 0.3 is 0 Å². The molecule has 0 spiro atoms. The molecule has 0 radical (unpaired) electrons. The van der Waals surface area contributed by atoms with Crippen LogP contribution in [0.4, 0.5) is 10.1 Å². The van der Waals surface area contributed by atoms with Crippen molar-refractivity contribution in [2.45, 2.75) is 42.7 Å². The van der Waals surface area contributed by atoms with Crippen molar-refractivity contribution in [2.24, 2.45) is 0 Å². The number of halogens is 1. The van der Waals surface area contributed by atoms with Crippen molar-refractivity contribution in [1.82, 2.24) is 4.72 Å². The minimum absolute atomic E-state index is 0.332. The van der Waals surface area contributed by atoms with Gasteiger partial charge in [0.1, 0.15) is 16.1 Å². The predicted molar refractivity (Wildman–Crippen MR) is 104 cm³/mol. The van der Waals surface area contributed by atoms with Crippen LogP contribution in [-0.4, -0.2) is 46.4 Å². The Morgan fingerprint density at radius 2 is 1.97 bits per heavy atom. The maximum atomic E-state index is 14.7. The molecule has 160 valence electrons. The Labute approximate surface area is 171 Å². The SMILES string of the molecule is CC(C)(C)[S@@+]([O-])N[C@@](C)(CS(=O)(=O)C1(C#N)COC1)c1cc([N+](=O)[O-])ccc1F. The van der Waals surface area contributed by atoms with Crippen LogP contribution in [0.1, 0.15) is 33.3 Å². The van der Waals surface area contributed by atoms with Crippen molar-refractivity contribution in [2.75, 3.05) is 19.0 Å². The lowest BCUT2D eigenvalue weighted by molar-refractivity contribution is -0.385. The van der Waals surface area contributed by atoms with Gasteiger partial charge in [-0.2, -0.15) is 5.26 Å². The number of rotatable bonds is 7. The lowest BCUT2D eigenvalue weighted by Crippen LogP contribution is -2.60. The lowest BCUT2D eigenvalue weighted by Gasteiger charge is -2.39. The molecule has 0 bridgehead atoms. The van der Waals surface area contributed by atoms with Crippen LogP contribution in [0.15, 0.2) is 18.2 Å². The smallest absolute Gasteiger partial charge is 0.269 e. The molecule has 12 heteroatoms. The molecule has 1 aliphatic heterocycles. The summed E-state index contributed by atoms with van der Waals surface area (Å²) in [5.74, 6) is -1.71. The van der Waals surface area contributed by atoms with Crippen LogP contribution in [0, 0.1) is 27.3 Å². The van der Waals surface area contributed by atoms with Gasteiger partial charge in [-0.15, -0.1) is 4.72 Å². The van der Waals surface area contributed by atoms with E-state index in [0.29, 0.717) is 0 Å². The van der Waals surface area contributed by atoms with Gasteiger partial charge in [0.2, 0.25) is 4.75 Å². The van der Waals surface area contributed by atoms with Crippen LogP contribution in [0.3, 0.4) is 0 Å². The van der Waals surface area contributed by atoms with Crippen LogP contribution in [0.25, 0.3) is 0 Å². The fourth-order valence-electron chi connectivity index (χ4n) is 2.69. The first-order chi connectivity index (χ1) is 13.2. The van der Waals surface area contributed by atoms with Crippen molar-refractivity contribution in [1.29, 1.82) is 5.26 Å². The molecule has 0 unspecified atom stereocenters. The lowest BCUT2D eigenvalue weighted by atomic mass is 9.94. The van der Waals surface area contributed by atoms with E-state index in [1.807, 2.05) is 0 Å². The van der Waals surface area contributed by atoms with Crippen LogP contribution in [-0.2, 0) is 31.5 Å². The third kappa shape index (κ3) is 4.54. The molecule has 1 aromatic rings. The molecule has 9 nitrogen and oxygen atoms in total. The van der Waals surface area contributed by atoms with Crippen LogP contribution >= 0.6 is 0 Å². The Balaban J connectivity index is 2.60. The molecule has 2 atom stereocenters. The van der Waals surface area contributed by atoms with Gasteiger partial charge in [0.15, 0.2) is 9.84 Å². The summed E-state index contributed by atoms with van der Waals surface area (Å²) in [6.45, 7) is 5.52. The van der Waals surface area contributed by atoms with Gasteiger partial charge < -0.3 is 9.29 Å². The van der Waals surface area contributed by atoms with Gasteiger partial charge in [-0.25, -0.2) is 12.8 Å². The van der Waals surface area contributed by atoms with Crippen molar-refractivity contribution in [3.05, 3.63) is 39.7 Å². The van der Waals surface area contributed by atoms with E-state index in [4.69, 9.17) is 4.74 Å². The highest BCUT2D eigenvalue weighted by Crippen LogP contribution is 2.36. The fourth-order valence-corrected chi connectivity index (χ4v) is 5.61. The third-order valence-corrected chi connectivity index (χ3v) is 8.80. The summed E-state index contributed by atoms with van der Waals surface area (Å²) in [5.41, 5.74) is -2.59. The third-order valence-electron chi connectivity index (χ3n) is 4.58. The average Bonchev–Trinajstić information content (AvgIpc) is 2.52. The van der Waals surface area contributed by atoms with Crippen LogP contribution in [0.5, 0.6) is 0 Å². The zero-order chi connectivity index (χ0) is 22.3. The molecule has 1 N–H and O–H groups in total. The van der Waals surface area contributed by atoms with Gasteiger partial charge in [0.05, 0.1) is 30.0 Å². The van der Waals surface area contributed by atoms with Gasteiger partial charge in [-0.1, -0.05) is 0 Å². The monoisotopic (exact) mass is 447 g/mol.